The molecule has 2 aromatic carbocycles. The Labute approximate surface area is 170 Å². The Morgan fingerprint density at radius 3 is 2.62 bits per heavy atom. The first-order chi connectivity index (χ1) is 14.0. The van der Waals surface area contributed by atoms with E-state index in [1.165, 1.54) is 6.08 Å². The van der Waals surface area contributed by atoms with E-state index in [0.717, 1.165) is 17.7 Å². The zero-order valence-corrected chi connectivity index (χ0v) is 16.4. The Morgan fingerprint density at radius 1 is 1.21 bits per heavy atom. The Hall–Kier alpha value is -3.59. The Morgan fingerprint density at radius 2 is 1.93 bits per heavy atom. The topological polar surface area (TPSA) is 79.6 Å². The maximum Gasteiger partial charge on any atom is 0.349 e. The van der Waals surface area contributed by atoms with Crippen molar-refractivity contribution in [1.82, 2.24) is 0 Å². The summed E-state index contributed by atoms with van der Waals surface area (Å²) in [6, 6.07) is 16.5. The quantitative estimate of drug-likeness (QED) is 0.428. The summed E-state index contributed by atoms with van der Waals surface area (Å²) < 4.78 is 10.5. The van der Waals surface area contributed by atoms with Gasteiger partial charge in [0.05, 0.1) is 6.61 Å². The van der Waals surface area contributed by atoms with Crippen molar-refractivity contribution in [2.75, 3.05) is 18.1 Å². The van der Waals surface area contributed by atoms with Gasteiger partial charge in [-0.1, -0.05) is 30.3 Å². The smallest absolute Gasteiger partial charge is 0.349 e. The second kappa shape index (κ2) is 9.07. The minimum absolute atomic E-state index is 0.00608. The molecule has 3 rings (SSSR count). The van der Waals surface area contributed by atoms with Crippen LogP contribution in [0.1, 0.15) is 25.0 Å². The number of carbonyl (C=O) groups excluding carboxylic acids is 2. The highest BCUT2D eigenvalue weighted by molar-refractivity contribution is 6.01. The van der Waals surface area contributed by atoms with Crippen molar-refractivity contribution < 1.29 is 19.1 Å². The van der Waals surface area contributed by atoms with Crippen LogP contribution in [0.15, 0.2) is 54.1 Å². The number of carbonyl (C=O) groups is 2. The molecule has 1 amide bonds. The van der Waals surface area contributed by atoms with Gasteiger partial charge in [0.2, 0.25) is 0 Å². The van der Waals surface area contributed by atoms with Crippen LogP contribution in [-0.4, -0.2) is 31.1 Å². The monoisotopic (exact) mass is 390 g/mol. The van der Waals surface area contributed by atoms with Gasteiger partial charge < -0.3 is 14.4 Å². The maximum absolute atomic E-state index is 12.6. The van der Waals surface area contributed by atoms with Gasteiger partial charge in [0.25, 0.3) is 5.91 Å². The normalized spacial score (nSPS) is 15.4. The van der Waals surface area contributed by atoms with Crippen molar-refractivity contribution in [3.63, 3.8) is 0 Å². The summed E-state index contributed by atoms with van der Waals surface area (Å²) >= 11 is 0. The molecule has 1 atom stereocenters. The van der Waals surface area contributed by atoms with Crippen molar-refractivity contribution >= 4 is 23.6 Å². The maximum atomic E-state index is 12.6. The van der Waals surface area contributed by atoms with Crippen LogP contribution in [0.5, 0.6) is 5.75 Å². The third-order valence-corrected chi connectivity index (χ3v) is 4.65. The number of hydrogen-bond acceptors (Lipinski definition) is 5. The molecule has 29 heavy (non-hydrogen) atoms. The molecule has 0 radical (unpaired) electrons. The van der Waals surface area contributed by atoms with Crippen LogP contribution in [-0.2, 0) is 20.7 Å². The number of anilines is 1. The molecule has 0 aromatic heterocycles. The number of amides is 1. The van der Waals surface area contributed by atoms with Crippen molar-refractivity contribution in [2.45, 2.75) is 26.3 Å². The van der Waals surface area contributed by atoms with Crippen molar-refractivity contribution in [1.29, 1.82) is 5.26 Å². The summed E-state index contributed by atoms with van der Waals surface area (Å²) in [6.45, 7) is 3.98. The first-order valence-corrected chi connectivity index (χ1v) is 9.45. The molecule has 0 bridgehead atoms. The lowest BCUT2D eigenvalue weighted by atomic mass is 10.1. The lowest BCUT2D eigenvalue weighted by molar-refractivity contribution is -0.143. The molecular formula is C23H22N2O4. The summed E-state index contributed by atoms with van der Waals surface area (Å²) in [5.41, 5.74) is 2.42. The average molecular weight is 390 g/mol. The van der Waals surface area contributed by atoms with Crippen LogP contribution in [0, 0.1) is 11.3 Å². The highest BCUT2D eigenvalue weighted by atomic mass is 16.5. The van der Waals surface area contributed by atoms with E-state index < -0.39 is 12.6 Å². The van der Waals surface area contributed by atoms with E-state index >= 15 is 0 Å². The Balaban J connectivity index is 1.64. The van der Waals surface area contributed by atoms with E-state index in [1.807, 2.05) is 44.2 Å². The van der Waals surface area contributed by atoms with Crippen LogP contribution < -0.4 is 9.64 Å². The fraction of sp³-hybridized carbons (Fsp3) is 0.261. The molecule has 1 aliphatic rings. The molecule has 0 N–H and O–H groups in total. The van der Waals surface area contributed by atoms with E-state index in [-0.39, 0.29) is 17.5 Å². The fourth-order valence-electron chi connectivity index (χ4n) is 3.35. The zero-order valence-electron chi connectivity index (χ0n) is 16.4. The molecule has 0 fully saturated rings. The molecular weight excluding hydrogens is 368 g/mol. The van der Waals surface area contributed by atoms with Gasteiger partial charge in [0, 0.05) is 11.7 Å². The summed E-state index contributed by atoms with van der Waals surface area (Å²) in [4.78, 5) is 26.6. The number of nitrogens with zero attached hydrogens (tertiary/aromatic N) is 2. The van der Waals surface area contributed by atoms with Crippen molar-refractivity contribution in [2.24, 2.45) is 0 Å². The second-order valence-corrected chi connectivity index (χ2v) is 6.69. The van der Waals surface area contributed by atoms with Gasteiger partial charge in [0.1, 0.15) is 17.4 Å². The van der Waals surface area contributed by atoms with E-state index in [4.69, 9.17) is 9.47 Å². The molecule has 1 aliphatic heterocycles. The Kier molecular flexibility index (Phi) is 6.30. The van der Waals surface area contributed by atoms with Gasteiger partial charge in [-0.05, 0) is 55.7 Å². The van der Waals surface area contributed by atoms with Gasteiger partial charge in [-0.2, -0.15) is 5.26 Å². The summed E-state index contributed by atoms with van der Waals surface area (Å²) in [7, 11) is 0. The average Bonchev–Trinajstić information content (AvgIpc) is 3.07. The first kappa shape index (κ1) is 20.2. The Bertz CT molecular complexity index is 973. The van der Waals surface area contributed by atoms with Crippen molar-refractivity contribution in [3.05, 3.63) is 65.2 Å². The highest BCUT2D eigenvalue weighted by Crippen LogP contribution is 2.31. The number of hydrogen-bond donors (Lipinski definition) is 0. The second-order valence-electron chi connectivity index (χ2n) is 6.69. The summed E-state index contributed by atoms with van der Waals surface area (Å²) in [6.07, 6.45) is 2.19. The van der Waals surface area contributed by atoms with Gasteiger partial charge in [-0.3, -0.25) is 4.79 Å². The summed E-state index contributed by atoms with van der Waals surface area (Å²) in [5, 5.41) is 9.31. The summed E-state index contributed by atoms with van der Waals surface area (Å²) in [5.74, 6) is -0.430. The molecule has 1 heterocycles. The number of fused-ring (bicyclic) bond motifs is 1. The lowest BCUT2D eigenvalue weighted by Crippen LogP contribution is -2.38. The fourth-order valence-corrected chi connectivity index (χ4v) is 3.35. The van der Waals surface area contributed by atoms with Gasteiger partial charge >= 0.3 is 5.97 Å². The van der Waals surface area contributed by atoms with Gasteiger partial charge in [-0.15, -0.1) is 0 Å². The predicted octanol–water partition coefficient (Wildman–Crippen LogP) is 3.51. The van der Waals surface area contributed by atoms with Crippen LogP contribution >= 0.6 is 0 Å². The predicted molar refractivity (Wildman–Crippen MR) is 109 cm³/mol. The molecule has 2 aromatic rings. The molecule has 6 heteroatoms. The number of nitriles is 1. The van der Waals surface area contributed by atoms with Gasteiger partial charge in [-0.25, -0.2) is 4.79 Å². The van der Waals surface area contributed by atoms with Crippen LogP contribution in [0.4, 0.5) is 5.69 Å². The molecule has 0 saturated heterocycles. The largest absolute Gasteiger partial charge is 0.494 e. The molecule has 0 saturated carbocycles. The SMILES string of the molecule is CCOc1ccc(/C=C(\C#N)C(=O)OCC(=O)N2c3ccccc3C[C@H]2C)cc1. The van der Waals surface area contributed by atoms with E-state index in [9.17, 15) is 14.9 Å². The number of benzene rings is 2. The minimum Gasteiger partial charge on any atom is -0.494 e. The molecule has 0 spiro atoms. The molecule has 6 nitrogen and oxygen atoms in total. The van der Waals surface area contributed by atoms with Crippen LogP contribution in [0.25, 0.3) is 6.08 Å². The number of esters is 1. The minimum atomic E-state index is -0.824. The molecule has 0 unspecified atom stereocenters. The number of rotatable bonds is 6. The first-order valence-electron chi connectivity index (χ1n) is 9.45. The van der Waals surface area contributed by atoms with Crippen LogP contribution in [0.2, 0.25) is 0 Å². The third kappa shape index (κ3) is 4.64. The highest BCUT2D eigenvalue weighted by Gasteiger charge is 2.31. The number of para-hydroxylation sites is 1. The van der Waals surface area contributed by atoms with E-state index in [0.29, 0.717) is 17.9 Å². The van der Waals surface area contributed by atoms with Crippen LogP contribution in [0.3, 0.4) is 0 Å². The molecule has 0 aliphatic carbocycles. The number of ether oxygens (including phenoxy) is 2. The molecule has 148 valence electrons. The standard InChI is InChI=1S/C23H22N2O4/c1-3-28-20-10-8-17(9-11-20)13-19(14-24)23(27)29-15-22(26)25-16(2)12-18-6-4-5-7-21(18)25/h4-11,13,16H,3,12,15H2,1-2H3/b19-13+/t16-/m1/s1. The third-order valence-electron chi connectivity index (χ3n) is 4.65. The van der Waals surface area contributed by atoms with E-state index in [2.05, 4.69) is 0 Å². The lowest BCUT2D eigenvalue weighted by Gasteiger charge is -2.22. The zero-order chi connectivity index (χ0) is 20.8. The van der Waals surface area contributed by atoms with E-state index in [1.54, 1.807) is 29.2 Å². The van der Waals surface area contributed by atoms with Gasteiger partial charge in [0.15, 0.2) is 6.61 Å². The van der Waals surface area contributed by atoms with Crippen molar-refractivity contribution in [3.8, 4) is 11.8 Å².